The monoisotopic (exact) mass is 401 g/mol. The van der Waals surface area contributed by atoms with Gasteiger partial charge in [-0.3, -0.25) is 9.79 Å². The van der Waals surface area contributed by atoms with Gasteiger partial charge in [0.1, 0.15) is 5.75 Å². The van der Waals surface area contributed by atoms with Crippen molar-refractivity contribution in [3.8, 4) is 5.75 Å². The minimum absolute atomic E-state index is 0.00125. The fraction of sp³-hybridized carbons (Fsp3) is 0.636. The molecule has 3 rings (SSSR count). The van der Waals surface area contributed by atoms with Gasteiger partial charge in [0.2, 0.25) is 0 Å². The number of carbonyl (C=O) groups is 1. The van der Waals surface area contributed by atoms with E-state index in [0.29, 0.717) is 24.6 Å². The molecule has 0 saturated carbocycles. The van der Waals surface area contributed by atoms with Crippen molar-refractivity contribution in [2.24, 2.45) is 10.9 Å². The number of amides is 1. The molecule has 160 valence electrons. The predicted molar refractivity (Wildman–Crippen MR) is 116 cm³/mol. The van der Waals surface area contributed by atoms with Crippen molar-refractivity contribution in [1.29, 1.82) is 0 Å². The van der Waals surface area contributed by atoms with Crippen LogP contribution in [0.1, 0.15) is 43.0 Å². The van der Waals surface area contributed by atoms with Crippen molar-refractivity contribution in [3.05, 3.63) is 29.8 Å². The summed E-state index contributed by atoms with van der Waals surface area (Å²) in [4.78, 5) is 21.9. The molecule has 0 spiro atoms. The maximum atomic E-state index is 12.2. The molecule has 1 aromatic carbocycles. The van der Waals surface area contributed by atoms with Crippen LogP contribution in [-0.4, -0.2) is 79.1 Å². The van der Waals surface area contributed by atoms with Crippen molar-refractivity contribution < 1.29 is 9.90 Å². The molecule has 1 aromatic rings. The van der Waals surface area contributed by atoms with Crippen LogP contribution < -0.4 is 10.6 Å². The van der Waals surface area contributed by atoms with E-state index >= 15 is 0 Å². The average molecular weight is 402 g/mol. The van der Waals surface area contributed by atoms with Gasteiger partial charge < -0.3 is 25.5 Å². The van der Waals surface area contributed by atoms with E-state index in [1.165, 1.54) is 51.4 Å². The summed E-state index contributed by atoms with van der Waals surface area (Å²) in [6.45, 7) is 9.64. The number of piperidine rings is 1. The van der Waals surface area contributed by atoms with E-state index in [0.717, 1.165) is 25.6 Å². The smallest absolute Gasteiger partial charge is 0.255 e. The minimum Gasteiger partial charge on any atom is -0.507 e. The van der Waals surface area contributed by atoms with E-state index < -0.39 is 0 Å². The molecule has 2 saturated heterocycles. The number of aliphatic imine (C=N–C) groups is 1. The van der Waals surface area contributed by atoms with Gasteiger partial charge in [0.25, 0.3) is 5.91 Å². The summed E-state index contributed by atoms with van der Waals surface area (Å²) >= 11 is 0. The normalized spacial score (nSPS) is 20.7. The van der Waals surface area contributed by atoms with E-state index in [4.69, 9.17) is 4.99 Å². The van der Waals surface area contributed by atoms with Crippen molar-refractivity contribution in [3.63, 3.8) is 0 Å². The molecule has 1 unspecified atom stereocenters. The lowest BCUT2D eigenvalue weighted by Gasteiger charge is -2.29. The highest BCUT2D eigenvalue weighted by molar-refractivity contribution is 5.96. The zero-order valence-electron chi connectivity index (χ0n) is 17.6. The summed E-state index contributed by atoms with van der Waals surface area (Å²) in [6, 6.07) is 6.58. The third kappa shape index (κ3) is 6.35. The molecule has 2 heterocycles. The van der Waals surface area contributed by atoms with Crippen LogP contribution in [0.5, 0.6) is 5.75 Å². The largest absolute Gasteiger partial charge is 0.507 e. The van der Waals surface area contributed by atoms with Crippen molar-refractivity contribution in [2.45, 2.75) is 32.6 Å². The molecule has 1 amide bonds. The van der Waals surface area contributed by atoms with Gasteiger partial charge in [-0.15, -0.1) is 0 Å². The lowest BCUT2D eigenvalue weighted by atomic mass is 10.1. The number of hydrogen-bond acceptors (Lipinski definition) is 4. The van der Waals surface area contributed by atoms with Gasteiger partial charge in [-0.1, -0.05) is 18.6 Å². The Kier molecular flexibility index (Phi) is 8.16. The molecule has 2 aliphatic rings. The molecule has 7 nitrogen and oxygen atoms in total. The van der Waals surface area contributed by atoms with E-state index in [-0.39, 0.29) is 11.7 Å². The number of guanidine groups is 1. The van der Waals surface area contributed by atoms with Crippen LogP contribution in [0.3, 0.4) is 0 Å². The summed E-state index contributed by atoms with van der Waals surface area (Å²) in [5.41, 5.74) is 0.295. The van der Waals surface area contributed by atoms with Crippen LogP contribution in [0.15, 0.2) is 29.3 Å². The molecule has 1 atom stereocenters. The maximum Gasteiger partial charge on any atom is 0.255 e. The quantitative estimate of drug-likeness (QED) is 0.369. The molecular formula is C22H35N5O2. The number of nitrogens with zero attached hydrogens (tertiary/aromatic N) is 3. The van der Waals surface area contributed by atoms with Crippen LogP contribution in [0.2, 0.25) is 0 Å². The number of carbonyl (C=O) groups excluding carboxylic acids is 1. The zero-order chi connectivity index (χ0) is 20.5. The van der Waals surface area contributed by atoms with Crippen LogP contribution in [0.4, 0.5) is 0 Å². The van der Waals surface area contributed by atoms with Gasteiger partial charge in [0.15, 0.2) is 5.96 Å². The predicted octanol–water partition coefficient (Wildman–Crippen LogP) is 1.90. The number of phenols is 1. The topological polar surface area (TPSA) is 80.2 Å². The summed E-state index contributed by atoms with van der Waals surface area (Å²) < 4.78 is 0. The molecule has 2 aliphatic heterocycles. The van der Waals surface area contributed by atoms with Gasteiger partial charge in [-0.2, -0.15) is 0 Å². The highest BCUT2D eigenvalue weighted by Gasteiger charge is 2.26. The number of para-hydroxylation sites is 1. The van der Waals surface area contributed by atoms with Gasteiger partial charge in [-0.05, 0) is 57.3 Å². The summed E-state index contributed by atoms with van der Waals surface area (Å²) in [6.07, 6.45) is 5.27. The number of phenolic OH excluding ortho intramolecular Hbond substituents is 1. The molecule has 29 heavy (non-hydrogen) atoms. The molecule has 7 heteroatoms. The lowest BCUT2D eigenvalue weighted by Crippen LogP contribution is -2.41. The van der Waals surface area contributed by atoms with E-state index in [9.17, 15) is 9.90 Å². The number of hydrogen-bond donors (Lipinski definition) is 3. The lowest BCUT2D eigenvalue weighted by molar-refractivity contribution is 0.0952. The van der Waals surface area contributed by atoms with E-state index in [1.807, 2.05) is 0 Å². The van der Waals surface area contributed by atoms with Gasteiger partial charge in [0, 0.05) is 32.7 Å². The Morgan fingerprint density at radius 3 is 2.72 bits per heavy atom. The third-order valence-electron chi connectivity index (χ3n) is 5.69. The highest BCUT2D eigenvalue weighted by Crippen LogP contribution is 2.20. The Bertz CT molecular complexity index is 688. The number of likely N-dealkylation sites (tertiary alicyclic amines) is 2. The SMILES string of the molecule is CCNC(=NCCNC(=O)c1ccccc1O)N1CCC(CN2CCCCC2)C1. The number of aromatic hydroxyl groups is 1. The Balaban J connectivity index is 1.45. The number of benzene rings is 1. The van der Waals surface area contributed by atoms with Gasteiger partial charge in [0.05, 0.1) is 12.1 Å². The van der Waals surface area contributed by atoms with Crippen molar-refractivity contribution in [1.82, 2.24) is 20.4 Å². The molecule has 3 N–H and O–H groups in total. The Hall–Kier alpha value is -2.28. The highest BCUT2D eigenvalue weighted by atomic mass is 16.3. The van der Waals surface area contributed by atoms with Crippen molar-refractivity contribution >= 4 is 11.9 Å². The second kappa shape index (κ2) is 11.0. The average Bonchev–Trinajstić information content (AvgIpc) is 3.19. The number of rotatable bonds is 7. The number of nitrogens with one attached hydrogen (secondary N) is 2. The fourth-order valence-electron chi connectivity index (χ4n) is 4.20. The van der Waals surface area contributed by atoms with E-state index in [1.54, 1.807) is 18.2 Å². The molecule has 2 fully saturated rings. The Morgan fingerprint density at radius 2 is 1.97 bits per heavy atom. The summed E-state index contributed by atoms with van der Waals surface area (Å²) in [5, 5.41) is 16.0. The second-order valence-electron chi connectivity index (χ2n) is 7.97. The van der Waals surface area contributed by atoms with Crippen LogP contribution in [0, 0.1) is 5.92 Å². The fourth-order valence-corrected chi connectivity index (χ4v) is 4.20. The standard InChI is InChI=1S/C22H35N5O2/c1-2-23-22(25-12-11-24-21(29)19-8-4-5-9-20(19)28)27-15-10-18(17-27)16-26-13-6-3-7-14-26/h4-5,8-9,18,28H,2-3,6-7,10-17H2,1H3,(H,23,25)(H,24,29). The van der Waals surface area contributed by atoms with Crippen LogP contribution in [0.25, 0.3) is 0 Å². The van der Waals surface area contributed by atoms with E-state index in [2.05, 4.69) is 27.4 Å². The van der Waals surface area contributed by atoms with Gasteiger partial charge >= 0.3 is 0 Å². The molecule has 0 bridgehead atoms. The van der Waals surface area contributed by atoms with Gasteiger partial charge in [-0.25, -0.2) is 0 Å². The van der Waals surface area contributed by atoms with Crippen LogP contribution >= 0.6 is 0 Å². The molecule has 0 aromatic heterocycles. The molecule has 0 aliphatic carbocycles. The molecule has 0 radical (unpaired) electrons. The first-order valence-electron chi connectivity index (χ1n) is 11.0. The molecular weight excluding hydrogens is 366 g/mol. The minimum atomic E-state index is -0.272. The summed E-state index contributed by atoms with van der Waals surface area (Å²) in [5.74, 6) is 1.37. The Labute approximate surface area is 174 Å². The zero-order valence-corrected chi connectivity index (χ0v) is 17.6. The second-order valence-corrected chi connectivity index (χ2v) is 7.97. The first-order chi connectivity index (χ1) is 14.2. The third-order valence-corrected chi connectivity index (χ3v) is 5.69. The Morgan fingerprint density at radius 1 is 1.17 bits per heavy atom. The van der Waals surface area contributed by atoms with Crippen LogP contribution in [-0.2, 0) is 0 Å². The first-order valence-corrected chi connectivity index (χ1v) is 11.0. The van der Waals surface area contributed by atoms with Crippen molar-refractivity contribution in [2.75, 3.05) is 52.4 Å². The first kappa shape index (κ1) is 21.4. The summed E-state index contributed by atoms with van der Waals surface area (Å²) in [7, 11) is 0. The maximum absolute atomic E-state index is 12.2.